The lowest BCUT2D eigenvalue weighted by Gasteiger charge is -2.35. The summed E-state index contributed by atoms with van der Waals surface area (Å²) in [5.74, 6) is -1.08. The van der Waals surface area contributed by atoms with Gasteiger partial charge in [-0.2, -0.15) is 9.55 Å². The number of rotatable bonds is 6. The van der Waals surface area contributed by atoms with Gasteiger partial charge in [-0.1, -0.05) is 0 Å². The zero-order chi connectivity index (χ0) is 23.6. The molecule has 4 heterocycles. The minimum Gasteiger partial charge on any atom is -0.790 e. The smallest absolute Gasteiger partial charge is 0.405 e. The van der Waals surface area contributed by atoms with Gasteiger partial charge in [0.25, 0.3) is 14.1 Å². The summed E-state index contributed by atoms with van der Waals surface area (Å²) in [7, 11) is -9.69. The van der Waals surface area contributed by atoms with Crippen LogP contribution in [0.3, 0.4) is 0 Å². The predicted molar refractivity (Wildman–Crippen MR) is 94.7 cm³/mol. The predicted octanol–water partition coefficient (Wildman–Crippen LogP) is -3.70. The van der Waals surface area contributed by atoms with E-state index >= 15 is 0 Å². The Hall–Kier alpha value is -1.71. The summed E-state index contributed by atoms with van der Waals surface area (Å²) in [6.45, 7) is 2.54. The van der Waals surface area contributed by atoms with Gasteiger partial charge in [0.05, 0.1) is 14.4 Å². The Balaban J connectivity index is 1.65. The van der Waals surface area contributed by atoms with Gasteiger partial charge in [-0.25, -0.2) is 0 Å². The third kappa shape index (κ3) is 4.52. The molecule has 5 atom stereocenters. The van der Waals surface area contributed by atoms with Crippen molar-refractivity contribution in [2.45, 2.75) is 44.2 Å². The number of fused-ring (bicyclic) bond motifs is 2. The summed E-state index contributed by atoms with van der Waals surface area (Å²) in [5, 5.41) is 0. The highest BCUT2D eigenvalue weighted by atomic mass is 31.3. The summed E-state index contributed by atoms with van der Waals surface area (Å²) >= 11 is 0. The van der Waals surface area contributed by atoms with E-state index in [4.69, 9.17) is 19.9 Å². The number of phosphoric ester groups is 1. The number of nitrogen functional groups attached to an aromatic ring is 1. The van der Waals surface area contributed by atoms with Crippen LogP contribution in [0.25, 0.3) is 11.2 Å². The van der Waals surface area contributed by atoms with Crippen molar-refractivity contribution in [1.82, 2.24) is 9.55 Å². The third-order valence-corrected chi connectivity index (χ3v) is 6.91. The lowest BCUT2D eigenvalue weighted by molar-refractivity contribution is -0.768. The van der Waals surface area contributed by atoms with Crippen LogP contribution in [0, 0.1) is 0 Å². The molecule has 0 amide bonds. The van der Waals surface area contributed by atoms with Gasteiger partial charge >= 0.3 is 29.0 Å². The van der Waals surface area contributed by atoms with Crippen molar-refractivity contribution in [3.63, 3.8) is 0 Å². The number of phosphoric acid groups is 2. The number of aryl methyl sites for hydroxylation is 1. The van der Waals surface area contributed by atoms with E-state index in [0.717, 1.165) is 0 Å². The van der Waals surface area contributed by atoms with E-state index in [9.17, 15) is 28.6 Å². The van der Waals surface area contributed by atoms with Crippen molar-refractivity contribution in [3.8, 4) is 0 Å². The number of nitrogens with one attached hydrogen (secondary N) is 2. The lowest BCUT2D eigenvalue weighted by atomic mass is 10.1. The van der Waals surface area contributed by atoms with Crippen LogP contribution in [0.1, 0.15) is 20.1 Å². The largest absolute Gasteiger partial charge is 0.790 e. The topological polar surface area (TPSA) is 231 Å². The first-order valence-electron chi connectivity index (χ1n) is 9.17. The molecule has 0 spiro atoms. The van der Waals surface area contributed by atoms with E-state index in [0.29, 0.717) is 5.65 Å². The molecule has 2 aliphatic rings. The van der Waals surface area contributed by atoms with E-state index in [1.165, 1.54) is 9.13 Å². The number of aromatic nitrogens is 4. The summed E-state index contributed by atoms with van der Waals surface area (Å²) in [4.78, 5) is 50.4. The number of anilines is 1. The molecule has 2 aromatic heterocycles. The van der Waals surface area contributed by atoms with E-state index < -0.39 is 58.1 Å². The Morgan fingerprint density at radius 2 is 1.97 bits per heavy atom. The monoisotopic (exact) mass is 496 g/mol. The van der Waals surface area contributed by atoms with Crippen molar-refractivity contribution in [1.29, 1.82) is 0 Å². The summed E-state index contributed by atoms with van der Waals surface area (Å²) < 4.78 is 50.9. The van der Waals surface area contributed by atoms with Crippen LogP contribution in [0.4, 0.5) is 5.95 Å². The number of nitrogens with zero attached hydrogens (tertiary/aromatic N) is 2. The Morgan fingerprint density at radius 1 is 1.31 bits per heavy atom. The molecule has 2 saturated heterocycles. The number of H-pyrrole nitrogens is 2. The second kappa shape index (κ2) is 7.67. The maximum atomic E-state index is 12.3. The lowest BCUT2D eigenvalue weighted by Crippen LogP contribution is -2.48. The first-order valence-corrected chi connectivity index (χ1v) is 12.1. The molecule has 2 unspecified atom stereocenters. The fourth-order valence-electron chi connectivity index (χ4n) is 3.84. The Labute approximate surface area is 179 Å². The molecule has 4 N–H and O–H groups in total. The molecule has 0 bridgehead atoms. The van der Waals surface area contributed by atoms with Crippen molar-refractivity contribution in [2.24, 2.45) is 7.05 Å². The van der Waals surface area contributed by atoms with Gasteiger partial charge in [0.15, 0.2) is 11.9 Å². The zero-order valence-electron chi connectivity index (χ0n) is 17.0. The standard InChI is InChI=1S/C14H21N5O11P2/c1-14(2)28-8-6(4-26-32(24,25)30-31(21,22)23)27-12(9(8)29-14)19-5-18(3)7-10(19)16-13(15)17-11(7)20/h5-6,8-9,12H,4H2,1-3H3,(H5-,15,16,17,20,21,22,23,24,25)/p-1/t6-,8+,9?,12-/m1/s1. The van der Waals surface area contributed by atoms with Crippen LogP contribution < -0.4 is 35.5 Å². The van der Waals surface area contributed by atoms with Crippen molar-refractivity contribution >= 4 is 32.8 Å². The van der Waals surface area contributed by atoms with Gasteiger partial charge in [-0.15, -0.1) is 4.57 Å². The van der Waals surface area contributed by atoms with Crippen LogP contribution >= 0.6 is 15.6 Å². The van der Waals surface area contributed by atoms with E-state index in [-0.39, 0.29) is 11.5 Å². The van der Waals surface area contributed by atoms with E-state index in [1.54, 1.807) is 27.2 Å². The number of hydrogen-bond acceptors (Lipinski definition) is 12. The molecule has 18 heteroatoms. The molecular weight excluding hydrogens is 476 g/mol. The number of nitrogens with two attached hydrogens (primary N) is 1. The molecule has 0 aliphatic carbocycles. The zero-order valence-corrected chi connectivity index (χ0v) is 18.7. The third-order valence-electron chi connectivity index (χ3n) is 4.85. The van der Waals surface area contributed by atoms with Crippen LogP contribution in [0.15, 0.2) is 11.1 Å². The molecule has 0 aromatic carbocycles. The summed E-state index contributed by atoms with van der Waals surface area (Å²) in [6, 6.07) is 0. The maximum Gasteiger partial charge on any atom is 0.405 e. The molecule has 4 rings (SSSR count). The van der Waals surface area contributed by atoms with Crippen LogP contribution in [-0.4, -0.2) is 40.3 Å². The summed E-state index contributed by atoms with van der Waals surface area (Å²) in [5.41, 5.74) is 5.80. The number of imidazole rings is 1. The van der Waals surface area contributed by atoms with Crippen LogP contribution in [0.2, 0.25) is 0 Å². The molecule has 32 heavy (non-hydrogen) atoms. The fraction of sp³-hybridized carbons (Fsp3) is 0.643. The second-order valence-electron chi connectivity index (χ2n) is 7.73. The molecule has 0 radical (unpaired) electrons. The Bertz CT molecular complexity index is 1210. The van der Waals surface area contributed by atoms with Crippen LogP contribution in [0.5, 0.6) is 0 Å². The second-order valence-corrected chi connectivity index (χ2v) is 10.4. The first kappa shape index (κ1) is 23.4. The molecule has 2 aliphatic heterocycles. The van der Waals surface area contributed by atoms with Gasteiger partial charge in [-0.3, -0.25) is 18.7 Å². The molecule has 0 saturated carbocycles. The quantitative estimate of drug-likeness (QED) is 0.291. The molecule has 2 fully saturated rings. The Morgan fingerprint density at radius 3 is 2.62 bits per heavy atom. The normalized spacial score (nSPS) is 29.3. The number of aromatic amines is 2. The number of ether oxygens (including phenoxy) is 3. The van der Waals surface area contributed by atoms with E-state index in [2.05, 4.69) is 18.8 Å². The van der Waals surface area contributed by atoms with Gasteiger partial charge in [0.2, 0.25) is 0 Å². The minimum absolute atomic E-state index is 0.00935. The fourth-order valence-corrected chi connectivity index (χ4v) is 5.34. The first-order chi connectivity index (χ1) is 14.7. The van der Waals surface area contributed by atoms with E-state index in [1.807, 2.05) is 0 Å². The highest BCUT2D eigenvalue weighted by molar-refractivity contribution is 7.58. The molecular formula is C14H20N5O11P2-. The minimum atomic E-state index is -5.84. The van der Waals surface area contributed by atoms with Crippen molar-refractivity contribution in [3.05, 3.63) is 16.7 Å². The highest BCUT2D eigenvalue weighted by Gasteiger charge is 2.59. The molecule has 178 valence electrons. The Kier molecular flexibility index (Phi) is 5.62. The van der Waals surface area contributed by atoms with Crippen molar-refractivity contribution < 1.29 is 56.4 Å². The average Bonchev–Trinajstić information content (AvgIpc) is 3.19. The van der Waals surface area contributed by atoms with Gasteiger partial charge in [0, 0.05) is 0 Å². The maximum absolute atomic E-state index is 12.3. The highest BCUT2D eigenvalue weighted by Crippen LogP contribution is 2.51. The van der Waals surface area contributed by atoms with Gasteiger partial charge < -0.3 is 43.7 Å². The van der Waals surface area contributed by atoms with Crippen LogP contribution in [-0.2, 0) is 39.2 Å². The molecule has 2 aromatic rings. The van der Waals surface area contributed by atoms with Crippen molar-refractivity contribution in [2.75, 3.05) is 12.3 Å². The van der Waals surface area contributed by atoms with Gasteiger partial charge in [0.1, 0.15) is 19.3 Å². The SMILES string of the molecule is Cn1c[n+]([C@@H]2O[C@H](COP(=O)([O-])OP(=O)([O-])[O-])[C@@H]3OC(C)(C)OC32)c2[nH+]c(N)[nH]c(=O)c21. The molecule has 16 nitrogen and oxygen atoms in total. The van der Waals surface area contributed by atoms with Gasteiger partial charge in [-0.05, 0) is 13.8 Å². The summed E-state index contributed by atoms with van der Waals surface area (Å²) in [6.07, 6.45) is -2.07. The number of hydrogen-bond donors (Lipinski definition) is 2. The average molecular weight is 496 g/mol.